The van der Waals surface area contributed by atoms with Gasteiger partial charge in [-0.05, 0) is 54.9 Å². The molecule has 0 unspecified atom stereocenters. The zero-order valence-electron chi connectivity index (χ0n) is 11.9. The molecular formula is C16H16BrN3S. The van der Waals surface area contributed by atoms with Crippen LogP contribution in [0.25, 0.3) is 0 Å². The third-order valence-electron chi connectivity index (χ3n) is 2.97. The highest BCUT2D eigenvalue weighted by Crippen LogP contribution is 2.19. The van der Waals surface area contributed by atoms with Crippen LogP contribution in [0.15, 0.2) is 52.0 Å². The Kier molecular flexibility index (Phi) is 5.47. The first-order valence-corrected chi connectivity index (χ1v) is 7.68. The van der Waals surface area contributed by atoms with Crippen LogP contribution in [-0.4, -0.2) is 11.3 Å². The summed E-state index contributed by atoms with van der Waals surface area (Å²) in [5.41, 5.74) is 7.15. The van der Waals surface area contributed by atoms with Crippen LogP contribution < -0.4 is 10.7 Å². The number of aryl methyl sites for hydroxylation is 2. The second kappa shape index (κ2) is 7.33. The minimum atomic E-state index is 0.473. The molecule has 0 bridgehead atoms. The number of nitrogens with one attached hydrogen (secondary N) is 2. The molecule has 0 fully saturated rings. The van der Waals surface area contributed by atoms with Crippen LogP contribution in [0.2, 0.25) is 0 Å². The van der Waals surface area contributed by atoms with Gasteiger partial charge in [0.1, 0.15) is 0 Å². The third-order valence-corrected chi connectivity index (χ3v) is 3.69. The molecule has 2 rings (SSSR count). The van der Waals surface area contributed by atoms with Gasteiger partial charge in [0.2, 0.25) is 0 Å². The monoisotopic (exact) mass is 361 g/mol. The van der Waals surface area contributed by atoms with Gasteiger partial charge in [-0.25, -0.2) is 0 Å². The number of para-hydroxylation sites is 1. The molecule has 5 heteroatoms. The quantitative estimate of drug-likeness (QED) is 0.483. The molecule has 0 aliphatic rings. The van der Waals surface area contributed by atoms with Crippen molar-refractivity contribution in [3.8, 4) is 0 Å². The number of hydrazone groups is 1. The van der Waals surface area contributed by atoms with E-state index in [1.165, 1.54) is 0 Å². The van der Waals surface area contributed by atoms with E-state index in [1.807, 2.05) is 56.3 Å². The van der Waals surface area contributed by atoms with Gasteiger partial charge in [0.05, 0.1) is 6.21 Å². The van der Waals surface area contributed by atoms with Crippen molar-refractivity contribution in [2.45, 2.75) is 13.8 Å². The highest BCUT2D eigenvalue weighted by molar-refractivity contribution is 9.10. The third kappa shape index (κ3) is 4.65. The molecule has 3 nitrogen and oxygen atoms in total. The van der Waals surface area contributed by atoms with E-state index in [2.05, 4.69) is 31.8 Å². The molecule has 2 N–H and O–H groups in total. The van der Waals surface area contributed by atoms with Gasteiger partial charge in [0.25, 0.3) is 0 Å². The summed E-state index contributed by atoms with van der Waals surface area (Å²) < 4.78 is 1.04. The summed E-state index contributed by atoms with van der Waals surface area (Å²) in [7, 11) is 0. The van der Waals surface area contributed by atoms with Crippen molar-refractivity contribution in [1.82, 2.24) is 5.43 Å². The lowest BCUT2D eigenvalue weighted by atomic mass is 10.1. The molecule has 0 aliphatic heterocycles. The van der Waals surface area contributed by atoms with Crippen molar-refractivity contribution in [3.05, 3.63) is 63.6 Å². The minimum Gasteiger partial charge on any atom is -0.331 e. The van der Waals surface area contributed by atoms with Crippen LogP contribution >= 0.6 is 28.1 Å². The van der Waals surface area contributed by atoms with E-state index in [1.54, 1.807) is 6.21 Å². The smallest absolute Gasteiger partial charge is 0.191 e. The molecule has 0 heterocycles. The van der Waals surface area contributed by atoms with Crippen LogP contribution in [0, 0.1) is 13.8 Å². The first kappa shape index (κ1) is 15.7. The second-order valence-corrected chi connectivity index (χ2v) is 5.97. The van der Waals surface area contributed by atoms with E-state index in [9.17, 15) is 0 Å². The summed E-state index contributed by atoms with van der Waals surface area (Å²) in [4.78, 5) is 0. The number of rotatable bonds is 3. The van der Waals surface area contributed by atoms with Crippen molar-refractivity contribution >= 4 is 45.2 Å². The minimum absolute atomic E-state index is 0.473. The zero-order chi connectivity index (χ0) is 15.2. The summed E-state index contributed by atoms with van der Waals surface area (Å²) in [5, 5.41) is 7.78. The number of benzene rings is 2. The molecule has 0 radical (unpaired) electrons. The van der Waals surface area contributed by atoms with E-state index < -0.39 is 0 Å². The predicted octanol–water partition coefficient (Wildman–Crippen LogP) is 4.39. The van der Waals surface area contributed by atoms with Gasteiger partial charge in [-0.15, -0.1) is 0 Å². The molecule has 0 saturated carbocycles. The van der Waals surface area contributed by atoms with E-state index in [0.717, 1.165) is 26.9 Å². The van der Waals surface area contributed by atoms with Crippen LogP contribution in [0.5, 0.6) is 0 Å². The van der Waals surface area contributed by atoms with Gasteiger partial charge in [-0.1, -0.05) is 46.3 Å². The Bertz CT molecular complexity index is 645. The zero-order valence-corrected chi connectivity index (χ0v) is 14.3. The molecule has 21 heavy (non-hydrogen) atoms. The molecule has 0 amide bonds. The van der Waals surface area contributed by atoms with Gasteiger partial charge in [0, 0.05) is 10.2 Å². The maximum Gasteiger partial charge on any atom is 0.191 e. The van der Waals surface area contributed by atoms with Crippen LogP contribution in [-0.2, 0) is 0 Å². The first-order valence-electron chi connectivity index (χ1n) is 6.48. The van der Waals surface area contributed by atoms with E-state index in [-0.39, 0.29) is 0 Å². The molecule has 0 saturated heterocycles. The Hall–Kier alpha value is -1.72. The van der Waals surface area contributed by atoms with Crippen molar-refractivity contribution in [3.63, 3.8) is 0 Å². The summed E-state index contributed by atoms with van der Waals surface area (Å²) in [5.74, 6) is 0. The molecule has 2 aromatic rings. The predicted molar refractivity (Wildman–Crippen MR) is 97.0 cm³/mol. The summed E-state index contributed by atoms with van der Waals surface area (Å²) in [6.07, 6.45) is 1.73. The molecule has 0 atom stereocenters. The highest BCUT2D eigenvalue weighted by Gasteiger charge is 2.03. The van der Waals surface area contributed by atoms with Crippen molar-refractivity contribution < 1.29 is 0 Å². The Labute approximate surface area is 138 Å². The maximum absolute atomic E-state index is 5.25. The number of hydrogen-bond acceptors (Lipinski definition) is 2. The molecule has 0 aromatic heterocycles. The molecule has 0 aliphatic carbocycles. The summed E-state index contributed by atoms with van der Waals surface area (Å²) >= 11 is 8.64. The van der Waals surface area contributed by atoms with Gasteiger partial charge < -0.3 is 5.32 Å². The lowest BCUT2D eigenvalue weighted by molar-refractivity contribution is 1.05. The fourth-order valence-electron chi connectivity index (χ4n) is 1.87. The number of thiocarbonyl (C=S) groups is 1. The van der Waals surface area contributed by atoms with Crippen molar-refractivity contribution in [1.29, 1.82) is 0 Å². The number of halogens is 1. The van der Waals surface area contributed by atoms with Crippen molar-refractivity contribution in [2.24, 2.45) is 5.10 Å². The molecule has 0 spiro atoms. The lowest BCUT2D eigenvalue weighted by Crippen LogP contribution is -2.24. The average molecular weight is 362 g/mol. The van der Waals surface area contributed by atoms with E-state index in [0.29, 0.717) is 5.11 Å². The topological polar surface area (TPSA) is 36.4 Å². The Morgan fingerprint density at radius 3 is 2.33 bits per heavy atom. The molecular weight excluding hydrogens is 346 g/mol. The van der Waals surface area contributed by atoms with Gasteiger partial charge in [-0.3, -0.25) is 5.43 Å². The van der Waals surface area contributed by atoms with Crippen LogP contribution in [0.3, 0.4) is 0 Å². The van der Waals surface area contributed by atoms with Crippen molar-refractivity contribution in [2.75, 3.05) is 5.32 Å². The lowest BCUT2D eigenvalue weighted by Gasteiger charge is -2.12. The van der Waals surface area contributed by atoms with Gasteiger partial charge in [0.15, 0.2) is 5.11 Å². The van der Waals surface area contributed by atoms with Gasteiger partial charge in [-0.2, -0.15) is 5.10 Å². The fraction of sp³-hybridized carbons (Fsp3) is 0.125. The molecule has 2 aromatic carbocycles. The standard InChI is InChI=1S/C16H16BrN3S/c1-11-4-3-5-12(2)15(11)19-16(21)20-18-10-13-6-8-14(17)9-7-13/h3-10H,1-2H3,(H2,19,20,21). The number of nitrogens with zero attached hydrogens (tertiary/aromatic N) is 1. The highest BCUT2D eigenvalue weighted by atomic mass is 79.9. The normalized spacial score (nSPS) is 10.6. The summed E-state index contributed by atoms with van der Waals surface area (Å²) in [6.45, 7) is 4.09. The largest absolute Gasteiger partial charge is 0.331 e. The first-order chi connectivity index (χ1) is 10.1. The average Bonchev–Trinajstić information content (AvgIpc) is 2.45. The van der Waals surface area contributed by atoms with Crippen LogP contribution in [0.4, 0.5) is 5.69 Å². The Morgan fingerprint density at radius 2 is 1.71 bits per heavy atom. The van der Waals surface area contributed by atoms with E-state index >= 15 is 0 Å². The summed E-state index contributed by atoms with van der Waals surface area (Å²) in [6, 6.07) is 14.0. The van der Waals surface area contributed by atoms with E-state index in [4.69, 9.17) is 12.2 Å². The maximum atomic E-state index is 5.25. The SMILES string of the molecule is Cc1cccc(C)c1NC(=S)NN=Cc1ccc(Br)cc1. The Morgan fingerprint density at radius 1 is 1.10 bits per heavy atom. The van der Waals surface area contributed by atoms with Gasteiger partial charge >= 0.3 is 0 Å². The van der Waals surface area contributed by atoms with Crippen LogP contribution in [0.1, 0.15) is 16.7 Å². The fourth-order valence-corrected chi connectivity index (χ4v) is 2.29. The number of hydrogen-bond donors (Lipinski definition) is 2. The number of anilines is 1. The second-order valence-electron chi connectivity index (χ2n) is 4.64. The Balaban J connectivity index is 1.95. The molecule has 108 valence electrons.